The summed E-state index contributed by atoms with van der Waals surface area (Å²) in [5.74, 6) is -0.271. The van der Waals surface area contributed by atoms with E-state index < -0.39 is 0 Å². The second kappa shape index (κ2) is 6.89. The zero-order chi connectivity index (χ0) is 14.5. The van der Waals surface area contributed by atoms with Gasteiger partial charge in [-0.2, -0.15) is 0 Å². The van der Waals surface area contributed by atoms with Crippen molar-refractivity contribution >= 4 is 11.9 Å². The van der Waals surface area contributed by atoms with E-state index >= 15 is 0 Å². The van der Waals surface area contributed by atoms with Gasteiger partial charge in [0.1, 0.15) is 0 Å². The molecule has 110 valence electrons. The van der Waals surface area contributed by atoms with E-state index in [1.165, 1.54) is 7.11 Å². The number of carbonyl (C=O) groups excluding carboxylic acids is 2. The van der Waals surface area contributed by atoms with Crippen LogP contribution in [0.1, 0.15) is 46.5 Å². The zero-order valence-electron chi connectivity index (χ0n) is 12.3. The third-order valence-corrected chi connectivity index (χ3v) is 3.34. The second-order valence-corrected chi connectivity index (χ2v) is 5.95. The lowest BCUT2D eigenvalue weighted by Crippen LogP contribution is -2.46. The molecular formula is C14H25NO4. The molecule has 1 N–H and O–H groups in total. The van der Waals surface area contributed by atoms with Crippen molar-refractivity contribution in [3.05, 3.63) is 0 Å². The maximum Gasteiger partial charge on any atom is 0.305 e. The normalized spacial score (nSPS) is 23.5. The smallest absolute Gasteiger partial charge is 0.305 e. The van der Waals surface area contributed by atoms with Crippen molar-refractivity contribution in [2.24, 2.45) is 5.92 Å². The number of esters is 1. The fraction of sp³-hybridized carbons (Fsp3) is 0.857. The maximum atomic E-state index is 11.9. The van der Waals surface area contributed by atoms with Crippen LogP contribution in [0.25, 0.3) is 0 Å². The molecule has 0 aliphatic carbocycles. The fourth-order valence-electron chi connectivity index (χ4n) is 2.40. The average Bonchev–Trinajstić information content (AvgIpc) is 2.26. The molecule has 2 atom stereocenters. The van der Waals surface area contributed by atoms with Crippen LogP contribution in [-0.2, 0) is 19.1 Å². The highest BCUT2D eigenvalue weighted by Crippen LogP contribution is 2.24. The van der Waals surface area contributed by atoms with Crippen molar-refractivity contribution in [1.82, 2.24) is 5.32 Å². The summed E-state index contributed by atoms with van der Waals surface area (Å²) in [7, 11) is 1.36. The fourth-order valence-corrected chi connectivity index (χ4v) is 2.40. The Kier molecular flexibility index (Phi) is 5.79. The number of methoxy groups -OCH3 is 1. The van der Waals surface area contributed by atoms with Crippen molar-refractivity contribution in [1.29, 1.82) is 0 Å². The Labute approximate surface area is 115 Å². The van der Waals surface area contributed by atoms with Crippen LogP contribution in [0.15, 0.2) is 0 Å². The van der Waals surface area contributed by atoms with Crippen LogP contribution in [0.2, 0.25) is 0 Å². The molecule has 0 bridgehead atoms. The van der Waals surface area contributed by atoms with Crippen molar-refractivity contribution in [3.8, 4) is 0 Å². The van der Waals surface area contributed by atoms with E-state index in [0.717, 1.165) is 12.8 Å². The Balaban J connectivity index is 2.32. The summed E-state index contributed by atoms with van der Waals surface area (Å²) in [6.45, 7) is 6.62. The first-order valence-corrected chi connectivity index (χ1v) is 6.82. The predicted molar refractivity (Wildman–Crippen MR) is 71.6 cm³/mol. The van der Waals surface area contributed by atoms with Crippen LogP contribution in [0, 0.1) is 5.92 Å². The number of ether oxygens (including phenoxy) is 2. The van der Waals surface area contributed by atoms with E-state index in [-0.39, 0.29) is 35.9 Å². The summed E-state index contributed by atoms with van der Waals surface area (Å²) < 4.78 is 10.2. The largest absolute Gasteiger partial charge is 0.469 e. The van der Waals surface area contributed by atoms with Crippen LogP contribution >= 0.6 is 0 Å². The van der Waals surface area contributed by atoms with Gasteiger partial charge in [-0.25, -0.2) is 0 Å². The number of nitrogens with one attached hydrogen (secondary N) is 1. The van der Waals surface area contributed by atoms with Gasteiger partial charge < -0.3 is 14.8 Å². The van der Waals surface area contributed by atoms with Gasteiger partial charge in [0.15, 0.2) is 0 Å². The van der Waals surface area contributed by atoms with Gasteiger partial charge in [-0.05, 0) is 32.6 Å². The Hall–Kier alpha value is -1.10. The highest BCUT2D eigenvalue weighted by atomic mass is 16.5. The molecule has 1 aliphatic rings. The molecule has 5 nitrogen and oxygen atoms in total. The molecule has 0 aromatic rings. The predicted octanol–water partition coefficient (Wildman–Crippen LogP) is 1.65. The quantitative estimate of drug-likeness (QED) is 0.772. The SMILES string of the molecule is COC(=O)C[C@@H](C)CC(=O)N[C@H]1CCOC(C)(C)C1. The van der Waals surface area contributed by atoms with E-state index in [4.69, 9.17) is 4.74 Å². The summed E-state index contributed by atoms with van der Waals surface area (Å²) in [5.41, 5.74) is -0.173. The minimum atomic E-state index is -0.271. The summed E-state index contributed by atoms with van der Waals surface area (Å²) in [6, 6.07) is 0.168. The molecule has 1 rings (SSSR count). The molecule has 5 heteroatoms. The molecule has 1 amide bonds. The first-order valence-electron chi connectivity index (χ1n) is 6.82. The van der Waals surface area contributed by atoms with Gasteiger partial charge in [0.2, 0.25) is 5.91 Å². The van der Waals surface area contributed by atoms with Crippen LogP contribution in [0.3, 0.4) is 0 Å². The molecule has 0 aromatic heterocycles. The van der Waals surface area contributed by atoms with Gasteiger partial charge in [0, 0.05) is 25.5 Å². The molecule has 19 heavy (non-hydrogen) atoms. The summed E-state index contributed by atoms with van der Waals surface area (Å²) in [4.78, 5) is 23.0. The van der Waals surface area contributed by atoms with Crippen molar-refractivity contribution < 1.29 is 19.1 Å². The van der Waals surface area contributed by atoms with Crippen LogP contribution < -0.4 is 5.32 Å². The number of hydrogen-bond donors (Lipinski definition) is 1. The molecule has 1 aliphatic heterocycles. The van der Waals surface area contributed by atoms with Crippen LogP contribution in [0.4, 0.5) is 0 Å². The summed E-state index contributed by atoms with van der Waals surface area (Å²) >= 11 is 0. The molecular weight excluding hydrogens is 246 g/mol. The van der Waals surface area contributed by atoms with Crippen LogP contribution in [0.5, 0.6) is 0 Å². The number of hydrogen-bond acceptors (Lipinski definition) is 4. The van der Waals surface area contributed by atoms with E-state index in [1.54, 1.807) is 0 Å². The van der Waals surface area contributed by atoms with E-state index in [0.29, 0.717) is 13.0 Å². The Morgan fingerprint density at radius 3 is 2.68 bits per heavy atom. The molecule has 1 fully saturated rings. The highest BCUT2D eigenvalue weighted by molar-refractivity contribution is 5.77. The van der Waals surface area contributed by atoms with Gasteiger partial charge in [0.05, 0.1) is 12.7 Å². The first kappa shape index (κ1) is 16.0. The van der Waals surface area contributed by atoms with Crippen LogP contribution in [-0.4, -0.2) is 37.2 Å². The lowest BCUT2D eigenvalue weighted by molar-refractivity contribution is -0.141. The maximum absolute atomic E-state index is 11.9. The molecule has 0 unspecified atom stereocenters. The zero-order valence-corrected chi connectivity index (χ0v) is 12.3. The molecule has 0 aromatic carbocycles. The lowest BCUT2D eigenvalue weighted by Gasteiger charge is -2.35. The van der Waals surface area contributed by atoms with Crippen molar-refractivity contribution in [2.75, 3.05) is 13.7 Å². The van der Waals surface area contributed by atoms with Gasteiger partial charge in [-0.1, -0.05) is 6.92 Å². The molecule has 0 radical (unpaired) electrons. The molecule has 1 saturated heterocycles. The average molecular weight is 271 g/mol. The van der Waals surface area contributed by atoms with Gasteiger partial charge in [-0.15, -0.1) is 0 Å². The molecule has 0 saturated carbocycles. The third-order valence-electron chi connectivity index (χ3n) is 3.34. The topological polar surface area (TPSA) is 64.6 Å². The number of amides is 1. The Morgan fingerprint density at radius 2 is 2.11 bits per heavy atom. The van der Waals surface area contributed by atoms with E-state index in [1.807, 2.05) is 20.8 Å². The first-order chi connectivity index (χ1) is 8.82. The monoisotopic (exact) mass is 271 g/mol. The van der Waals surface area contributed by atoms with Gasteiger partial charge >= 0.3 is 5.97 Å². The number of carbonyl (C=O) groups is 2. The standard InChI is InChI=1S/C14H25NO4/c1-10(8-13(17)18-4)7-12(16)15-11-5-6-19-14(2,3)9-11/h10-11H,5-9H2,1-4H3,(H,15,16)/t10-,11-/m0/s1. The molecule has 0 spiro atoms. The number of rotatable bonds is 5. The minimum Gasteiger partial charge on any atom is -0.469 e. The lowest BCUT2D eigenvalue weighted by atomic mass is 9.93. The van der Waals surface area contributed by atoms with Gasteiger partial charge in [-0.3, -0.25) is 9.59 Å². The van der Waals surface area contributed by atoms with E-state index in [2.05, 4.69) is 10.1 Å². The van der Waals surface area contributed by atoms with Crippen molar-refractivity contribution in [2.45, 2.75) is 58.1 Å². The van der Waals surface area contributed by atoms with Gasteiger partial charge in [0.25, 0.3) is 0 Å². The van der Waals surface area contributed by atoms with E-state index in [9.17, 15) is 9.59 Å². The summed E-state index contributed by atoms with van der Waals surface area (Å²) in [5, 5.41) is 3.03. The Morgan fingerprint density at radius 1 is 1.42 bits per heavy atom. The van der Waals surface area contributed by atoms with Crippen molar-refractivity contribution in [3.63, 3.8) is 0 Å². The summed E-state index contributed by atoms with van der Waals surface area (Å²) in [6.07, 6.45) is 2.31. The second-order valence-electron chi connectivity index (χ2n) is 5.95. The Bertz CT molecular complexity index is 327. The minimum absolute atomic E-state index is 0.000278. The molecule has 1 heterocycles. The highest BCUT2D eigenvalue weighted by Gasteiger charge is 2.29. The third kappa shape index (κ3) is 6.05.